The molecule has 0 spiro atoms. The smallest absolute Gasteiger partial charge is 0.146 e. The fraction of sp³-hybridized carbons (Fsp3) is 0. The van der Waals surface area contributed by atoms with Crippen LogP contribution in [0.5, 0.6) is 0 Å². The normalized spacial score (nSPS) is 10.6. The van der Waals surface area contributed by atoms with Crippen LogP contribution in [0, 0.1) is 45.3 Å². The van der Waals surface area contributed by atoms with Gasteiger partial charge in [-0.05, 0) is 42.5 Å². The van der Waals surface area contributed by atoms with Gasteiger partial charge >= 0.3 is 0 Å². The van der Waals surface area contributed by atoms with Crippen LogP contribution in [0.4, 0.5) is 0 Å². The number of furan rings is 2. The first-order valence-electron chi connectivity index (χ1n) is 10.8. The molecule has 0 radical (unpaired) electrons. The van der Waals surface area contributed by atoms with Gasteiger partial charge in [0.05, 0.1) is 14.9 Å². The Bertz CT molecular complexity index is 1850. The van der Waals surface area contributed by atoms with Crippen molar-refractivity contribution in [2.24, 2.45) is 0 Å². The third-order valence-corrected chi connectivity index (χ3v) is 7.78. The van der Waals surface area contributed by atoms with E-state index in [-0.39, 0.29) is 11.1 Å². The minimum atomic E-state index is 0.0485. The Labute approximate surface area is 217 Å². The van der Waals surface area contributed by atoms with E-state index in [0.717, 1.165) is 46.9 Å². The Morgan fingerprint density at radius 3 is 1.73 bits per heavy atom. The van der Waals surface area contributed by atoms with Crippen LogP contribution in [0.3, 0.4) is 0 Å². The molecule has 172 valence electrons. The number of nitriles is 4. The zero-order valence-corrected chi connectivity index (χ0v) is 20.3. The number of rotatable bonds is 4. The minimum Gasteiger partial charge on any atom is -0.455 e. The molecule has 9 heteroatoms. The quantitative estimate of drug-likeness (QED) is 0.237. The number of thiophene rings is 2. The number of hydrogen-bond acceptors (Lipinski definition) is 8. The van der Waals surface area contributed by atoms with E-state index in [1.165, 1.54) is 22.7 Å². The molecule has 0 amide bonds. The van der Waals surface area contributed by atoms with Gasteiger partial charge in [-0.1, -0.05) is 0 Å². The van der Waals surface area contributed by atoms with Crippen molar-refractivity contribution in [1.82, 2.24) is 4.98 Å². The molecule has 0 aliphatic carbocycles. The van der Waals surface area contributed by atoms with Gasteiger partial charge in [0.1, 0.15) is 58.1 Å². The van der Waals surface area contributed by atoms with Gasteiger partial charge in [0.2, 0.25) is 0 Å². The number of aromatic nitrogens is 1. The molecule has 6 rings (SSSR count). The molecular formula is C28H11N5O2S2. The molecule has 0 bridgehead atoms. The van der Waals surface area contributed by atoms with Crippen molar-refractivity contribution >= 4 is 66.3 Å². The lowest BCUT2D eigenvalue weighted by Gasteiger charge is -2.04. The molecule has 0 aliphatic heterocycles. The second-order valence-corrected chi connectivity index (χ2v) is 10.2. The van der Waals surface area contributed by atoms with Gasteiger partial charge in [0.15, 0.2) is 0 Å². The molecule has 1 N–H and O–H groups in total. The highest BCUT2D eigenvalue weighted by Crippen LogP contribution is 2.41. The molecule has 0 unspecified atom stereocenters. The van der Waals surface area contributed by atoms with E-state index in [9.17, 15) is 0 Å². The fourth-order valence-electron chi connectivity index (χ4n) is 4.16. The molecule has 5 heterocycles. The summed E-state index contributed by atoms with van der Waals surface area (Å²) in [5.74, 6) is 1.43. The Hall–Kier alpha value is -5.32. The molecule has 0 fully saturated rings. The average Bonchev–Trinajstić information content (AvgIpc) is 3.71. The maximum Gasteiger partial charge on any atom is 0.146 e. The molecule has 6 aromatic rings. The lowest BCUT2D eigenvalue weighted by molar-refractivity contribution is 0.631. The van der Waals surface area contributed by atoms with Crippen LogP contribution in [0.15, 0.2) is 68.6 Å². The van der Waals surface area contributed by atoms with E-state index in [1.54, 1.807) is 12.2 Å². The van der Waals surface area contributed by atoms with Crippen LogP contribution in [0.2, 0.25) is 0 Å². The van der Waals surface area contributed by atoms with Crippen molar-refractivity contribution in [2.45, 2.75) is 0 Å². The number of nitrogens with one attached hydrogen (secondary N) is 1. The van der Waals surface area contributed by atoms with Crippen molar-refractivity contribution in [3.63, 3.8) is 0 Å². The number of aromatic amines is 1. The van der Waals surface area contributed by atoms with Crippen LogP contribution >= 0.6 is 22.7 Å². The predicted molar refractivity (Wildman–Crippen MR) is 143 cm³/mol. The fourth-order valence-corrected chi connectivity index (χ4v) is 6.08. The van der Waals surface area contributed by atoms with Gasteiger partial charge < -0.3 is 13.8 Å². The van der Waals surface area contributed by atoms with E-state index in [4.69, 9.17) is 29.9 Å². The van der Waals surface area contributed by atoms with Crippen molar-refractivity contribution in [3.8, 4) is 46.9 Å². The molecule has 7 nitrogen and oxygen atoms in total. The van der Waals surface area contributed by atoms with Crippen LogP contribution in [0.1, 0.15) is 9.75 Å². The summed E-state index contributed by atoms with van der Waals surface area (Å²) in [4.78, 5) is 4.88. The Kier molecular flexibility index (Phi) is 5.22. The first-order valence-corrected chi connectivity index (χ1v) is 12.4. The largest absolute Gasteiger partial charge is 0.455 e. The number of fused-ring (bicyclic) bond motifs is 3. The Balaban J connectivity index is 1.37. The van der Waals surface area contributed by atoms with Gasteiger partial charge in [-0.25, -0.2) is 0 Å². The first kappa shape index (κ1) is 22.2. The number of benzene rings is 1. The summed E-state index contributed by atoms with van der Waals surface area (Å²) in [5, 5.41) is 36.9. The van der Waals surface area contributed by atoms with Crippen molar-refractivity contribution in [1.29, 1.82) is 21.0 Å². The van der Waals surface area contributed by atoms with Gasteiger partial charge in [-0.3, -0.25) is 0 Å². The van der Waals surface area contributed by atoms with E-state index in [0.29, 0.717) is 16.9 Å². The van der Waals surface area contributed by atoms with E-state index in [2.05, 4.69) is 4.98 Å². The molecule has 1 aromatic carbocycles. The Morgan fingerprint density at radius 1 is 0.703 bits per heavy atom. The highest BCUT2D eigenvalue weighted by molar-refractivity contribution is 7.20. The van der Waals surface area contributed by atoms with Crippen LogP contribution < -0.4 is 0 Å². The molecule has 5 aromatic heterocycles. The lowest BCUT2D eigenvalue weighted by Crippen LogP contribution is -1.82. The summed E-state index contributed by atoms with van der Waals surface area (Å²) in [6, 6.07) is 21.0. The zero-order chi connectivity index (χ0) is 25.5. The summed E-state index contributed by atoms with van der Waals surface area (Å²) in [6.45, 7) is 0. The number of H-pyrrole nitrogens is 1. The molecule has 0 atom stereocenters. The van der Waals surface area contributed by atoms with Crippen LogP contribution in [-0.2, 0) is 0 Å². The van der Waals surface area contributed by atoms with Gasteiger partial charge in [0, 0.05) is 44.6 Å². The van der Waals surface area contributed by atoms with Crippen molar-refractivity contribution < 1.29 is 8.83 Å². The summed E-state index contributed by atoms with van der Waals surface area (Å²) in [7, 11) is 0. The SMILES string of the molecule is N#CC(C#N)=Cc1cc2oc(-c3ccc(-c4cc5sc(C=C(C#N)C#N)cc5o4)c4[nH]ccc34)cc2s1. The van der Waals surface area contributed by atoms with E-state index >= 15 is 0 Å². The monoisotopic (exact) mass is 513 g/mol. The zero-order valence-electron chi connectivity index (χ0n) is 18.7. The number of nitrogens with zero attached hydrogens (tertiary/aromatic N) is 4. The summed E-state index contributed by atoms with van der Waals surface area (Å²) < 4.78 is 14.1. The average molecular weight is 514 g/mol. The van der Waals surface area contributed by atoms with E-state index in [1.807, 2.05) is 72.9 Å². The number of hydrogen-bond donors (Lipinski definition) is 1. The highest BCUT2D eigenvalue weighted by Gasteiger charge is 2.18. The third kappa shape index (κ3) is 3.78. The first-order chi connectivity index (χ1) is 18.1. The molecular weight excluding hydrogens is 502 g/mol. The third-order valence-electron chi connectivity index (χ3n) is 5.76. The lowest BCUT2D eigenvalue weighted by atomic mass is 10.0. The maximum atomic E-state index is 8.99. The van der Waals surface area contributed by atoms with Gasteiger partial charge in [-0.15, -0.1) is 22.7 Å². The van der Waals surface area contributed by atoms with Crippen LogP contribution in [-0.4, -0.2) is 4.98 Å². The summed E-state index contributed by atoms with van der Waals surface area (Å²) in [6.07, 6.45) is 4.98. The summed E-state index contributed by atoms with van der Waals surface area (Å²) in [5.41, 5.74) is 4.22. The topological polar surface area (TPSA) is 137 Å². The van der Waals surface area contributed by atoms with Crippen molar-refractivity contribution in [2.75, 3.05) is 0 Å². The van der Waals surface area contributed by atoms with Gasteiger partial charge in [-0.2, -0.15) is 21.0 Å². The maximum absolute atomic E-state index is 8.99. The standard InChI is InChI=1S/C28H11N5O2S2/c29-11-15(12-30)5-17-7-24-26(36-17)9-22(34-24)19-1-2-21(28-20(19)3-4-33-28)23-10-27-25(35-23)8-18(37-27)6-16(13-31)14-32/h1-10,33H. The van der Waals surface area contributed by atoms with Crippen molar-refractivity contribution in [3.05, 3.63) is 69.6 Å². The summed E-state index contributed by atoms with van der Waals surface area (Å²) >= 11 is 2.91. The predicted octanol–water partition coefficient (Wildman–Crippen LogP) is 7.98. The second kappa shape index (κ2) is 8.72. The molecule has 0 aliphatic rings. The highest BCUT2D eigenvalue weighted by atomic mass is 32.1. The van der Waals surface area contributed by atoms with Crippen LogP contribution in [0.25, 0.3) is 66.3 Å². The number of allylic oxidation sites excluding steroid dienone is 2. The minimum absolute atomic E-state index is 0.0485. The second-order valence-electron chi connectivity index (χ2n) is 7.97. The molecule has 37 heavy (non-hydrogen) atoms. The Morgan fingerprint density at radius 2 is 1.22 bits per heavy atom. The van der Waals surface area contributed by atoms with E-state index < -0.39 is 0 Å². The molecule has 0 saturated carbocycles. The van der Waals surface area contributed by atoms with Gasteiger partial charge in [0.25, 0.3) is 0 Å². The molecule has 0 saturated heterocycles.